The van der Waals surface area contributed by atoms with Crippen LogP contribution in [0.3, 0.4) is 0 Å². The summed E-state index contributed by atoms with van der Waals surface area (Å²) in [5.74, 6) is -0.279. The van der Waals surface area contributed by atoms with E-state index >= 15 is 0 Å². The summed E-state index contributed by atoms with van der Waals surface area (Å²) in [6.07, 6.45) is 0.0185. The molecule has 0 heterocycles. The Bertz CT molecular complexity index is 304. The van der Waals surface area contributed by atoms with Crippen LogP contribution in [0.5, 0.6) is 0 Å². The first-order valence-corrected chi connectivity index (χ1v) is 5.15. The van der Waals surface area contributed by atoms with Gasteiger partial charge in [-0.25, -0.2) is 4.39 Å². The van der Waals surface area contributed by atoms with E-state index in [0.717, 1.165) is 4.47 Å². The lowest BCUT2D eigenvalue weighted by Gasteiger charge is -2.07. The van der Waals surface area contributed by atoms with E-state index in [-0.39, 0.29) is 12.4 Å². The molecule has 0 fully saturated rings. The molecule has 0 saturated heterocycles. The number of halogens is 2. The summed E-state index contributed by atoms with van der Waals surface area (Å²) in [5, 5.41) is 17.7. The van der Waals surface area contributed by atoms with Crippen LogP contribution in [-0.2, 0) is 6.42 Å². The molecule has 0 aliphatic rings. The summed E-state index contributed by atoms with van der Waals surface area (Å²) in [6, 6.07) is 4.69. The van der Waals surface area contributed by atoms with Crippen LogP contribution in [0.4, 0.5) is 4.39 Å². The molecular formula is C10H12BrFO2. The summed E-state index contributed by atoms with van der Waals surface area (Å²) in [6.45, 7) is -0.282. The minimum atomic E-state index is -0.770. The SMILES string of the molecule is OCC(O)CCc1cc(Br)ccc1F. The van der Waals surface area contributed by atoms with Gasteiger partial charge in [0, 0.05) is 4.47 Å². The molecule has 1 rings (SSSR count). The van der Waals surface area contributed by atoms with Gasteiger partial charge in [0.25, 0.3) is 0 Å². The van der Waals surface area contributed by atoms with Gasteiger partial charge in [0.05, 0.1) is 12.7 Å². The van der Waals surface area contributed by atoms with Crippen LogP contribution in [0, 0.1) is 5.82 Å². The van der Waals surface area contributed by atoms with Gasteiger partial charge in [0.2, 0.25) is 0 Å². The van der Waals surface area contributed by atoms with Crippen LogP contribution < -0.4 is 0 Å². The maximum atomic E-state index is 13.2. The van der Waals surface area contributed by atoms with Crippen LogP contribution in [0.2, 0.25) is 0 Å². The Balaban J connectivity index is 2.62. The summed E-state index contributed by atoms with van der Waals surface area (Å²) in [5.41, 5.74) is 0.548. The zero-order chi connectivity index (χ0) is 10.6. The number of aliphatic hydroxyl groups is 2. The van der Waals surface area contributed by atoms with E-state index < -0.39 is 6.10 Å². The molecule has 1 aromatic rings. The molecule has 0 aliphatic heterocycles. The van der Waals surface area contributed by atoms with Gasteiger partial charge in [-0.1, -0.05) is 15.9 Å². The molecule has 14 heavy (non-hydrogen) atoms. The predicted molar refractivity (Wildman–Crippen MR) is 55.5 cm³/mol. The molecule has 1 atom stereocenters. The van der Waals surface area contributed by atoms with E-state index in [1.807, 2.05) is 0 Å². The van der Waals surface area contributed by atoms with Gasteiger partial charge in [-0.2, -0.15) is 0 Å². The first-order chi connectivity index (χ1) is 6.63. The Morgan fingerprint density at radius 2 is 2.14 bits per heavy atom. The minimum Gasteiger partial charge on any atom is -0.394 e. The molecule has 2 N–H and O–H groups in total. The van der Waals surface area contributed by atoms with Gasteiger partial charge >= 0.3 is 0 Å². The first-order valence-electron chi connectivity index (χ1n) is 4.36. The Kier molecular flexibility index (Phi) is 4.51. The molecule has 0 amide bonds. The molecule has 0 aliphatic carbocycles. The molecule has 0 spiro atoms. The fourth-order valence-corrected chi connectivity index (χ4v) is 1.56. The monoisotopic (exact) mass is 262 g/mol. The van der Waals surface area contributed by atoms with Crippen molar-refractivity contribution in [1.29, 1.82) is 0 Å². The lowest BCUT2D eigenvalue weighted by molar-refractivity contribution is 0.0884. The zero-order valence-corrected chi connectivity index (χ0v) is 9.17. The van der Waals surface area contributed by atoms with Gasteiger partial charge in [-0.3, -0.25) is 0 Å². The number of benzene rings is 1. The average Bonchev–Trinajstić information content (AvgIpc) is 2.19. The minimum absolute atomic E-state index is 0.279. The third-order valence-corrected chi connectivity index (χ3v) is 2.46. The highest BCUT2D eigenvalue weighted by Crippen LogP contribution is 2.17. The van der Waals surface area contributed by atoms with Crippen molar-refractivity contribution in [2.24, 2.45) is 0 Å². The highest BCUT2D eigenvalue weighted by atomic mass is 79.9. The lowest BCUT2D eigenvalue weighted by Crippen LogP contribution is -2.13. The molecule has 0 radical (unpaired) electrons. The van der Waals surface area contributed by atoms with Gasteiger partial charge in [-0.05, 0) is 36.6 Å². The van der Waals surface area contributed by atoms with Crippen LogP contribution in [0.15, 0.2) is 22.7 Å². The fourth-order valence-electron chi connectivity index (χ4n) is 1.15. The molecule has 4 heteroatoms. The summed E-state index contributed by atoms with van der Waals surface area (Å²) < 4.78 is 14.0. The van der Waals surface area contributed by atoms with Crippen molar-refractivity contribution in [3.05, 3.63) is 34.1 Å². The van der Waals surface area contributed by atoms with Gasteiger partial charge in [0.15, 0.2) is 0 Å². The van der Waals surface area contributed by atoms with Gasteiger partial charge in [0.1, 0.15) is 5.82 Å². The third kappa shape index (κ3) is 3.36. The molecule has 0 bridgehead atoms. The average molecular weight is 263 g/mol. The van der Waals surface area contributed by atoms with E-state index in [2.05, 4.69) is 15.9 Å². The highest BCUT2D eigenvalue weighted by molar-refractivity contribution is 9.10. The molecule has 0 aromatic heterocycles. The van der Waals surface area contributed by atoms with Crippen molar-refractivity contribution < 1.29 is 14.6 Å². The van der Waals surface area contributed by atoms with Crippen molar-refractivity contribution >= 4 is 15.9 Å². The van der Waals surface area contributed by atoms with E-state index in [1.54, 1.807) is 12.1 Å². The van der Waals surface area contributed by atoms with E-state index in [0.29, 0.717) is 18.4 Å². The second-order valence-corrected chi connectivity index (χ2v) is 4.03. The zero-order valence-electron chi connectivity index (χ0n) is 7.58. The standard InChI is InChI=1S/C10H12BrFO2/c11-8-2-4-10(12)7(5-8)1-3-9(14)6-13/h2,4-5,9,13-14H,1,3,6H2. The van der Waals surface area contributed by atoms with Crippen LogP contribution in [-0.4, -0.2) is 22.9 Å². The Morgan fingerprint density at radius 1 is 1.43 bits per heavy atom. The molecular weight excluding hydrogens is 251 g/mol. The summed E-state index contributed by atoms with van der Waals surface area (Å²) in [4.78, 5) is 0. The number of rotatable bonds is 4. The Labute approximate surface area is 90.5 Å². The second kappa shape index (κ2) is 5.44. The van der Waals surface area contributed by atoms with Crippen molar-refractivity contribution in [3.63, 3.8) is 0 Å². The second-order valence-electron chi connectivity index (χ2n) is 3.11. The Hall–Kier alpha value is -0.450. The van der Waals surface area contributed by atoms with E-state index in [9.17, 15) is 4.39 Å². The van der Waals surface area contributed by atoms with Crippen molar-refractivity contribution in [3.8, 4) is 0 Å². The highest BCUT2D eigenvalue weighted by Gasteiger charge is 2.06. The number of aliphatic hydroxyl groups excluding tert-OH is 2. The van der Waals surface area contributed by atoms with Crippen molar-refractivity contribution in [2.75, 3.05) is 6.61 Å². The van der Waals surface area contributed by atoms with E-state index in [1.165, 1.54) is 6.07 Å². The number of hydrogen-bond donors (Lipinski definition) is 2. The quantitative estimate of drug-likeness (QED) is 0.870. The first kappa shape index (κ1) is 11.6. The summed E-state index contributed by atoms with van der Waals surface area (Å²) >= 11 is 3.24. The largest absolute Gasteiger partial charge is 0.394 e. The molecule has 1 unspecified atom stereocenters. The van der Waals surface area contributed by atoms with Gasteiger partial charge in [-0.15, -0.1) is 0 Å². The van der Waals surface area contributed by atoms with Crippen LogP contribution >= 0.6 is 15.9 Å². The number of hydrogen-bond acceptors (Lipinski definition) is 2. The molecule has 2 nitrogen and oxygen atoms in total. The number of aryl methyl sites for hydroxylation is 1. The summed E-state index contributed by atoms with van der Waals surface area (Å²) in [7, 11) is 0. The lowest BCUT2D eigenvalue weighted by atomic mass is 10.1. The van der Waals surface area contributed by atoms with Crippen LogP contribution in [0.1, 0.15) is 12.0 Å². The predicted octanol–water partition coefficient (Wildman–Crippen LogP) is 1.87. The maximum Gasteiger partial charge on any atom is 0.126 e. The normalized spacial score (nSPS) is 12.9. The maximum absolute atomic E-state index is 13.2. The molecule has 78 valence electrons. The molecule has 1 aromatic carbocycles. The smallest absolute Gasteiger partial charge is 0.126 e. The third-order valence-electron chi connectivity index (χ3n) is 1.97. The Morgan fingerprint density at radius 3 is 2.79 bits per heavy atom. The van der Waals surface area contributed by atoms with Crippen molar-refractivity contribution in [1.82, 2.24) is 0 Å². The van der Waals surface area contributed by atoms with E-state index in [4.69, 9.17) is 10.2 Å². The topological polar surface area (TPSA) is 40.5 Å². The van der Waals surface area contributed by atoms with Gasteiger partial charge < -0.3 is 10.2 Å². The van der Waals surface area contributed by atoms with Crippen LogP contribution in [0.25, 0.3) is 0 Å². The fraction of sp³-hybridized carbons (Fsp3) is 0.400. The molecule has 0 saturated carbocycles. The van der Waals surface area contributed by atoms with Crippen molar-refractivity contribution in [2.45, 2.75) is 18.9 Å².